The van der Waals surface area contributed by atoms with E-state index in [0.717, 1.165) is 17.4 Å². The number of carbonyl (C=O) groups is 1. The number of alkyl halides is 3. The van der Waals surface area contributed by atoms with E-state index in [2.05, 4.69) is 5.32 Å². The molecule has 128 valence electrons. The zero-order chi connectivity index (χ0) is 17.6. The Hall–Kier alpha value is -2.50. The number of carbonyl (C=O) groups excluding carboxylic acids is 1. The number of rotatable bonds is 6. The second-order valence-corrected chi connectivity index (χ2v) is 5.17. The van der Waals surface area contributed by atoms with E-state index in [4.69, 9.17) is 4.74 Å². The van der Waals surface area contributed by atoms with Crippen LogP contribution in [0.15, 0.2) is 48.5 Å². The van der Waals surface area contributed by atoms with Crippen molar-refractivity contribution in [1.29, 1.82) is 0 Å². The summed E-state index contributed by atoms with van der Waals surface area (Å²) in [5.74, 6) is 0.283. The van der Waals surface area contributed by atoms with Gasteiger partial charge in [0.1, 0.15) is 5.75 Å². The Kier molecular flexibility index (Phi) is 5.84. The molecule has 0 unspecified atom stereocenters. The number of aryl methyl sites for hydroxylation is 1. The number of halogens is 3. The fourth-order valence-corrected chi connectivity index (χ4v) is 2.23. The Labute approximate surface area is 138 Å². The van der Waals surface area contributed by atoms with Crippen molar-refractivity contribution in [2.45, 2.75) is 25.9 Å². The van der Waals surface area contributed by atoms with E-state index in [1.165, 1.54) is 18.2 Å². The van der Waals surface area contributed by atoms with E-state index in [1.807, 2.05) is 19.1 Å². The maximum absolute atomic E-state index is 12.9. The molecular weight excluding hydrogens is 319 g/mol. The molecule has 0 saturated heterocycles. The summed E-state index contributed by atoms with van der Waals surface area (Å²) in [4.78, 5) is 11.9. The summed E-state index contributed by atoms with van der Waals surface area (Å²) in [6.07, 6.45) is -3.97. The van der Waals surface area contributed by atoms with Crippen molar-refractivity contribution in [3.8, 4) is 5.75 Å². The van der Waals surface area contributed by atoms with Gasteiger partial charge in [-0.15, -0.1) is 0 Å². The Morgan fingerprint density at radius 2 is 1.75 bits per heavy atom. The molecule has 0 aliphatic rings. The highest BCUT2D eigenvalue weighted by Crippen LogP contribution is 2.34. The largest absolute Gasteiger partial charge is 0.494 e. The van der Waals surface area contributed by atoms with Gasteiger partial charge in [0.05, 0.1) is 17.9 Å². The van der Waals surface area contributed by atoms with E-state index >= 15 is 0 Å². The minimum absolute atomic E-state index is 0.0974. The van der Waals surface area contributed by atoms with Gasteiger partial charge >= 0.3 is 6.18 Å². The fourth-order valence-electron chi connectivity index (χ4n) is 2.23. The van der Waals surface area contributed by atoms with E-state index in [1.54, 1.807) is 12.1 Å². The van der Waals surface area contributed by atoms with Gasteiger partial charge in [0.15, 0.2) is 0 Å². The van der Waals surface area contributed by atoms with Crippen molar-refractivity contribution in [2.24, 2.45) is 0 Å². The molecule has 3 nitrogen and oxygen atoms in total. The summed E-state index contributed by atoms with van der Waals surface area (Å²) in [7, 11) is 0. The Morgan fingerprint density at radius 3 is 2.38 bits per heavy atom. The van der Waals surface area contributed by atoms with Crippen LogP contribution in [0, 0.1) is 0 Å². The first kappa shape index (κ1) is 17.8. The van der Waals surface area contributed by atoms with Crippen LogP contribution in [0.25, 0.3) is 0 Å². The van der Waals surface area contributed by atoms with Gasteiger partial charge in [0, 0.05) is 6.42 Å². The molecule has 0 fully saturated rings. The van der Waals surface area contributed by atoms with E-state index < -0.39 is 17.6 Å². The third-order valence-electron chi connectivity index (χ3n) is 3.38. The molecule has 0 saturated carbocycles. The van der Waals surface area contributed by atoms with Crippen molar-refractivity contribution in [1.82, 2.24) is 0 Å². The molecule has 0 atom stereocenters. The second kappa shape index (κ2) is 7.86. The average Bonchev–Trinajstić information content (AvgIpc) is 2.54. The van der Waals surface area contributed by atoms with Crippen LogP contribution in [0.3, 0.4) is 0 Å². The van der Waals surface area contributed by atoms with Crippen molar-refractivity contribution in [3.63, 3.8) is 0 Å². The van der Waals surface area contributed by atoms with Gasteiger partial charge in [-0.3, -0.25) is 4.79 Å². The lowest BCUT2D eigenvalue weighted by molar-refractivity contribution is -0.137. The van der Waals surface area contributed by atoms with Gasteiger partial charge in [-0.05, 0) is 43.2 Å². The molecule has 2 aromatic carbocycles. The number of amides is 1. The van der Waals surface area contributed by atoms with Crippen LogP contribution in [0.4, 0.5) is 18.9 Å². The minimum atomic E-state index is -4.50. The van der Waals surface area contributed by atoms with Gasteiger partial charge < -0.3 is 10.1 Å². The van der Waals surface area contributed by atoms with Crippen LogP contribution in [0.2, 0.25) is 0 Å². The van der Waals surface area contributed by atoms with Crippen LogP contribution in [-0.4, -0.2) is 12.5 Å². The van der Waals surface area contributed by atoms with Gasteiger partial charge in [-0.2, -0.15) is 13.2 Å². The molecule has 1 N–H and O–H groups in total. The van der Waals surface area contributed by atoms with E-state index in [-0.39, 0.29) is 12.1 Å². The molecule has 24 heavy (non-hydrogen) atoms. The summed E-state index contributed by atoms with van der Waals surface area (Å²) >= 11 is 0. The SMILES string of the molecule is CCOc1ccc(CCC(=O)Nc2ccccc2C(F)(F)F)cc1. The van der Waals surface area contributed by atoms with Gasteiger partial charge in [-0.25, -0.2) is 0 Å². The lowest BCUT2D eigenvalue weighted by Gasteiger charge is -2.13. The molecule has 0 bridgehead atoms. The topological polar surface area (TPSA) is 38.3 Å². The molecule has 2 aromatic rings. The first-order valence-corrected chi connectivity index (χ1v) is 7.58. The lowest BCUT2D eigenvalue weighted by Crippen LogP contribution is -2.16. The maximum atomic E-state index is 12.9. The molecule has 0 heterocycles. The predicted molar refractivity (Wildman–Crippen MR) is 86.0 cm³/mol. The molecule has 0 radical (unpaired) electrons. The molecular formula is C18H18F3NO2. The normalized spacial score (nSPS) is 11.2. The number of anilines is 1. The predicted octanol–water partition coefficient (Wildman–Crippen LogP) is 4.68. The van der Waals surface area contributed by atoms with E-state index in [9.17, 15) is 18.0 Å². The molecule has 1 amide bonds. The molecule has 6 heteroatoms. The molecule has 0 aromatic heterocycles. The third-order valence-corrected chi connectivity index (χ3v) is 3.38. The van der Waals surface area contributed by atoms with Gasteiger partial charge in [0.25, 0.3) is 0 Å². The number of nitrogens with one attached hydrogen (secondary N) is 1. The summed E-state index contributed by atoms with van der Waals surface area (Å²) in [6, 6.07) is 12.2. The number of ether oxygens (including phenoxy) is 1. The van der Waals surface area contributed by atoms with Crippen molar-refractivity contribution < 1.29 is 22.7 Å². The minimum Gasteiger partial charge on any atom is -0.494 e. The highest BCUT2D eigenvalue weighted by atomic mass is 19.4. The Bertz CT molecular complexity index is 681. The average molecular weight is 337 g/mol. The lowest BCUT2D eigenvalue weighted by atomic mass is 10.1. The number of hydrogen-bond donors (Lipinski definition) is 1. The molecule has 0 aliphatic heterocycles. The first-order chi connectivity index (χ1) is 11.4. The Balaban J connectivity index is 1.94. The number of para-hydroxylation sites is 1. The number of benzene rings is 2. The monoisotopic (exact) mass is 337 g/mol. The highest BCUT2D eigenvalue weighted by molar-refractivity contribution is 5.91. The van der Waals surface area contributed by atoms with Crippen LogP contribution in [0.1, 0.15) is 24.5 Å². The maximum Gasteiger partial charge on any atom is 0.418 e. The summed E-state index contributed by atoms with van der Waals surface area (Å²) in [5.41, 5.74) is -0.154. The Morgan fingerprint density at radius 1 is 1.08 bits per heavy atom. The van der Waals surface area contributed by atoms with Gasteiger partial charge in [-0.1, -0.05) is 24.3 Å². The summed E-state index contributed by atoms with van der Waals surface area (Å²) < 4.78 is 44.0. The first-order valence-electron chi connectivity index (χ1n) is 7.58. The standard InChI is InChI=1S/C18H18F3NO2/c1-2-24-14-10-7-13(8-11-14)9-12-17(23)22-16-6-4-3-5-15(16)18(19,20)21/h3-8,10-11H,2,9,12H2,1H3,(H,22,23). The second-order valence-electron chi connectivity index (χ2n) is 5.17. The summed E-state index contributed by atoms with van der Waals surface area (Å²) in [6.45, 7) is 2.46. The van der Waals surface area contributed by atoms with Crippen molar-refractivity contribution in [3.05, 3.63) is 59.7 Å². The van der Waals surface area contributed by atoms with Crippen LogP contribution >= 0.6 is 0 Å². The molecule has 0 spiro atoms. The van der Waals surface area contributed by atoms with Crippen LogP contribution in [-0.2, 0) is 17.4 Å². The van der Waals surface area contributed by atoms with Crippen molar-refractivity contribution >= 4 is 11.6 Å². The molecule has 2 rings (SSSR count). The zero-order valence-electron chi connectivity index (χ0n) is 13.2. The number of hydrogen-bond acceptors (Lipinski definition) is 2. The highest BCUT2D eigenvalue weighted by Gasteiger charge is 2.33. The third kappa shape index (κ3) is 5.01. The smallest absolute Gasteiger partial charge is 0.418 e. The quantitative estimate of drug-likeness (QED) is 0.831. The van der Waals surface area contributed by atoms with Crippen LogP contribution < -0.4 is 10.1 Å². The van der Waals surface area contributed by atoms with E-state index in [0.29, 0.717) is 13.0 Å². The molecule has 0 aliphatic carbocycles. The van der Waals surface area contributed by atoms with Crippen molar-refractivity contribution in [2.75, 3.05) is 11.9 Å². The van der Waals surface area contributed by atoms with Crippen LogP contribution in [0.5, 0.6) is 5.75 Å². The fraction of sp³-hybridized carbons (Fsp3) is 0.278. The van der Waals surface area contributed by atoms with Gasteiger partial charge in [0.2, 0.25) is 5.91 Å². The zero-order valence-corrected chi connectivity index (χ0v) is 13.2. The summed E-state index contributed by atoms with van der Waals surface area (Å²) in [5, 5.41) is 2.34.